The van der Waals surface area contributed by atoms with Crippen LogP contribution in [-0.2, 0) is 21.4 Å². The molecule has 4 rings (SSSR count). The normalized spacial score (nSPS) is 15.5. The van der Waals surface area contributed by atoms with Crippen LogP contribution in [0.5, 0.6) is 5.75 Å². The van der Waals surface area contributed by atoms with Crippen molar-refractivity contribution < 1.29 is 17.9 Å². The summed E-state index contributed by atoms with van der Waals surface area (Å²) in [5, 5.41) is 2.33. The molecule has 1 aliphatic rings. The van der Waals surface area contributed by atoms with Crippen LogP contribution in [0, 0.1) is 5.92 Å². The van der Waals surface area contributed by atoms with Crippen molar-refractivity contribution in [3.63, 3.8) is 0 Å². The van der Waals surface area contributed by atoms with Gasteiger partial charge in [-0.1, -0.05) is 36.4 Å². The molecule has 1 fully saturated rings. The lowest BCUT2D eigenvalue weighted by atomic mass is 9.96. The van der Waals surface area contributed by atoms with Gasteiger partial charge in [-0.05, 0) is 66.4 Å². The summed E-state index contributed by atoms with van der Waals surface area (Å²) in [5.74, 6) is 0.554. The first-order valence-electron chi connectivity index (χ1n) is 11.3. The number of ether oxygens (including phenoxy) is 1. The Labute approximate surface area is 195 Å². The van der Waals surface area contributed by atoms with E-state index in [-0.39, 0.29) is 16.7 Å². The Morgan fingerprint density at radius 2 is 1.67 bits per heavy atom. The number of hydrogen-bond donors (Lipinski definition) is 0. The second-order valence-electron chi connectivity index (χ2n) is 8.46. The van der Waals surface area contributed by atoms with Gasteiger partial charge in [0, 0.05) is 32.6 Å². The molecule has 0 atom stereocenters. The zero-order chi connectivity index (χ0) is 23.4. The Kier molecular flexibility index (Phi) is 7.00. The minimum atomic E-state index is -3.58. The zero-order valence-corrected chi connectivity index (χ0v) is 19.9. The molecule has 3 aromatic carbocycles. The lowest BCUT2D eigenvalue weighted by molar-refractivity contribution is -0.135. The molecule has 1 heterocycles. The Bertz CT molecular complexity index is 1220. The van der Waals surface area contributed by atoms with E-state index in [9.17, 15) is 13.2 Å². The SMILES string of the molecule is CCOc1ccc(S(=O)(=O)N2CCC(C(=O)N(C)Cc3ccc4ccccc4c3)CC2)cc1. The first kappa shape index (κ1) is 23.3. The van der Waals surface area contributed by atoms with Crippen molar-refractivity contribution in [2.45, 2.75) is 31.2 Å². The molecule has 0 radical (unpaired) electrons. The quantitative estimate of drug-likeness (QED) is 0.521. The second-order valence-corrected chi connectivity index (χ2v) is 10.4. The number of sulfonamides is 1. The molecule has 3 aromatic rings. The Hall–Kier alpha value is -2.90. The minimum absolute atomic E-state index is 0.0706. The number of carbonyl (C=O) groups excluding carboxylic acids is 1. The Morgan fingerprint density at radius 1 is 1.00 bits per heavy atom. The van der Waals surface area contributed by atoms with E-state index < -0.39 is 10.0 Å². The molecule has 0 spiro atoms. The molecular weight excluding hydrogens is 436 g/mol. The second kappa shape index (κ2) is 9.93. The van der Waals surface area contributed by atoms with Crippen LogP contribution in [0.1, 0.15) is 25.3 Å². The summed E-state index contributed by atoms with van der Waals surface area (Å²) in [6, 6.07) is 20.9. The third kappa shape index (κ3) is 5.20. The van der Waals surface area contributed by atoms with E-state index in [1.807, 2.05) is 26.1 Å². The maximum absolute atomic E-state index is 13.0. The molecule has 0 bridgehead atoms. The van der Waals surface area contributed by atoms with Gasteiger partial charge in [0.1, 0.15) is 5.75 Å². The monoisotopic (exact) mass is 466 g/mol. The van der Waals surface area contributed by atoms with Crippen molar-refractivity contribution in [1.82, 2.24) is 9.21 Å². The summed E-state index contributed by atoms with van der Waals surface area (Å²) in [6.45, 7) is 3.64. The van der Waals surface area contributed by atoms with Gasteiger partial charge in [-0.2, -0.15) is 4.31 Å². The fourth-order valence-corrected chi connectivity index (χ4v) is 5.84. The molecule has 33 heavy (non-hydrogen) atoms. The number of piperidine rings is 1. The van der Waals surface area contributed by atoms with Crippen LogP contribution in [0.3, 0.4) is 0 Å². The summed E-state index contributed by atoms with van der Waals surface area (Å²) >= 11 is 0. The Morgan fingerprint density at radius 3 is 2.33 bits per heavy atom. The van der Waals surface area contributed by atoms with Crippen molar-refractivity contribution >= 4 is 26.7 Å². The van der Waals surface area contributed by atoms with E-state index in [1.165, 1.54) is 9.69 Å². The average Bonchev–Trinajstić information content (AvgIpc) is 2.84. The van der Waals surface area contributed by atoms with Crippen molar-refractivity contribution in [3.05, 3.63) is 72.3 Å². The molecule has 0 N–H and O–H groups in total. The summed E-state index contributed by atoms with van der Waals surface area (Å²) < 4.78 is 32.9. The van der Waals surface area contributed by atoms with Crippen LogP contribution in [-0.4, -0.2) is 50.3 Å². The topological polar surface area (TPSA) is 66.9 Å². The van der Waals surface area contributed by atoms with Crippen LogP contribution < -0.4 is 4.74 Å². The highest BCUT2D eigenvalue weighted by Gasteiger charge is 2.33. The largest absolute Gasteiger partial charge is 0.494 e. The fourth-order valence-electron chi connectivity index (χ4n) is 4.37. The van der Waals surface area contributed by atoms with E-state index >= 15 is 0 Å². The van der Waals surface area contributed by atoms with E-state index in [0.29, 0.717) is 44.8 Å². The number of hydrogen-bond acceptors (Lipinski definition) is 4. The Balaban J connectivity index is 1.35. The van der Waals surface area contributed by atoms with Gasteiger partial charge < -0.3 is 9.64 Å². The molecule has 1 amide bonds. The number of amides is 1. The minimum Gasteiger partial charge on any atom is -0.494 e. The van der Waals surface area contributed by atoms with E-state index in [1.54, 1.807) is 29.2 Å². The lowest BCUT2D eigenvalue weighted by Gasteiger charge is -2.32. The molecule has 0 aromatic heterocycles. The third-order valence-electron chi connectivity index (χ3n) is 6.19. The number of benzene rings is 3. The molecule has 0 saturated carbocycles. The molecule has 1 saturated heterocycles. The standard InChI is InChI=1S/C26H30N2O4S/c1-3-32-24-10-12-25(13-11-24)33(30,31)28-16-14-22(15-17-28)26(29)27(2)19-20-8-9-21-6-4-5-7-23(21)18-20/h4-13,18,22H,3,14-17,19H2,1-2H3. The van der Waals surface area contributed by atoms with E-state index in [2.05, 4.69) is 30.3 Å². The molecular formula is C26H30N2O4S. The maximum atomic E-state index is 13.0. The molecule has 6 nitrogen and oxygen atoms in total. The molecule has 0 aliphatic carbocycles. The third-order valence-corrected chi connectivity index (χ3v) is 8.10. The van der Waals surface area contributed by atoms with Gasteiger partial charge in [0.15, 0.2) is 0 Å². The summed E-state index contributed by atoms with van der Waals surface area (Å²) in [5.41, 5.74) is 1.08. The number of nitrogens with zero attached hydrogens (tertiary/aromatic N) is 2. The van der Waals surface area contributed by atoms with Crippen LogP contribution in [0.15, 0.2) is 71.6 Å². The predicted molar refractivity (Wildman–Crippen MR) is 130 cm³/mol. The molecule has 174 valence electrons. The van der Waals surface area contributed by atoms with E-state index in [0.717, 1.165) is 10.9 Å². The maximum Gasteiger partial charge on any atom is 0.243 e. The summed E-state index contributed by atoms with van der Waals surface area (Å²) in [4.78, 5) is 15.0. The summed E-state index contributed by atoms with van der Waals surface area (Å²) in [7, 11) is -1.76. The van der Waals surface area contributed by atoms with Gasteiger partial charge >= 0.3 is 0 Å². The number of carbonyl (C=O) groups is 1. The van der Waals surface area contributed by atoms with Gasteiger partial charge in [-0.3, -0.25) is 4.79 Å². The first-order chi connectivity index (χ1) is 15.9. The van der Waals surface area contributed by atoms with Crippen molar-refractivity contribution in [3.8, 4) is 5.75 Å². The van der Waals surface area contributed by atoms with Gasteiger partial charge in [-0.15, -0.1) is 0 Å². The first-order valence-corrected chi connectivity index (χ1v) is 12.8. The highest BCUT2D eigenvalue weighted by atomic mass is 32.2. The number of rotatable bonds is 7. The zero-order valence-electron chi connectivity index (χ0n) is 19.1. The molecule has 0 unspecified atom stereocenters. The summed E-state index contributed by atoms with van der Waals surface area (Å²) in [6.07, 6.45) is 1.05. The van der Waals surface area contributed by atoms with Crippen LogP contribution in [0.2, 0.25) is 0 Å². The average molecular weight is 467 g/mol. The lowest BCUT2D eigenvalue weighted by Crippen LogP contribution is -2.43. The van der Waals surface area contributed by atoms with Crippen LogP contribution >= 0.6 is 0 Å². The molecule has 1 aliphatic heterocycles. The van der Waals surface area contributed by atoms with Crippen molar-refractivity contribution in [2.24, 2.45) is 5.92 Å². The van der Waals surface area contributed by atoms with Crippen molar-refractivity contribution in [2.75, 3.05) is 26.7 Å². The smallest absolute Gasteiger partial charge is 0.243 e. The predicted octanol–water partition coefficient (Wildman–Crippen LogP) is 4.30. The van der Waals surface area contributed by atoms with Crippen molar-refractivity contribution in [1.29, 1.82) is 0 Å². The fraction of sp³-hybridized carbons (Fsp3) is 0.346. The van der Waals surface area contributed by atoms with Gasteiger partial charge in [-0.25, -0.2) is 8.42 Å². The molecule has 7 heteroatoms. The number of fused-ring (bicyclic) bond motifs is 1. The van der Waals surface area contributed by atoms with Crippen LogP contribution in [0.4, 0.5) is 0 Å². The highest BCUT2D eigenvalue weighted by molar-refractivity contribution is 7.89. The van der Waals surface area contributed by atoms with Crippen LogP contribution in [0.25, 0.3) is 10.8 Å². The van der Waals surface area contributed by atoms with E-state index in [4.69, 9.17) is 4.74 Å². The van der Waals surface area contributed by atoms with Gasteiger partial charge in [0.25, 0.3) is 0 Å². The highest BCUT2D eigenvalue weighted by Crippen LogP contribution is 2.26. The van der Waals surface area contributed by atoms with Gasteiger partial charge in [0.2, 0.25) is 15.9 Å². The van der Waals surface area contributed by atoms with Gasteiger partial charge in [0.05, 0.1) is 11.5 Å².